The molecular weight excluding hydrogens is 314 g/mol. The molecule has 0 unspecified atom stereocenters. The van der Waals surface area contributed by atoms with E-state index in [4.69, 9.17) is 0 Å². The monoisotopic (exact) mass is 343 g/mol. The molecule has 1 aromatic rings. The number of amides is 2. The van der Waals surface area contributed by atoms with Gasteiger partial charge in [-0.15, -0.1) is 0 Å². The van der Waals surface area contributed by atoms with Crippen molar-refractivity contribution in [2.75, 3.05) is 26.2 Å². The maximum Gasteiger partial charge on any atom is 0.237 e. The summed E-state index contributed by atoms with van der Waals surface area (Å²) in [4.78, 5) is 26.7. The Balaban J connectivity index is 1.46. The first kappa shape index (κ1) is 17.9. The van der Waals surface area contributed by atoms with Gasteiger partial charge in [0.15, 0.2) is 0 Å². The van der Waals surface area contributed by atoms with E-state index in [2.05, 4.69) is 17.6 Å². The minimum absolute atomic E-state index is 0.0251. The zero-order chi connectivity index (χ0) is 17.6. The van der Waals surface area contributed by atoms with E-state index < -0.39 is 0 Å². The largest absolute Gasteiger partial charge is 0.354 e. The Bertz CT molecular complexity index is 593. The summed E-state index contributed by atoms with van der Waals surface area (Å²) in [6.45, 7) is 5.24. The van der Waals surface area contributed by atoms with Crippen molar-refractivity contribution in [2.45, 2.75) is 45.1 Å². The highest BCUT2D eigenvalue weighted by molar-refractivity contribution is 5.82. The third-order valence-electron chi connectivity index (χ3n) is 5.29. The maximum absolute atomic E-state index is 12.6. The van der Waals surface area contributed by atoms with Gasteiger partial charge in [0.05, 0.1) is 12.5 Å². The first-order valence-electron chi connectivity index (χ1n) is 9.46. The smallest absolute Gasteiger partial charge is 0.237 e. The molecule has 0 saturated carbocycles. The second-order valence-corrected chi connectivity index (χ2v) is 7.40. The van der Waals surface area contributed by atoms with Gasteiger partial charge in [0.1, 0.15) is 0 Å². The van der Waals surface area contributed by atoms with E-state index in [-0.39, 0.29) is 17.9 Å². The van der Waals surface area contributed by atoms with Crippen LogP contribution in [0.1, 0.15) is 36.8 Å². The van der Waals surface area contributed by atoms with E-state index in [0.717, 1.165) is 50.9 Å². The Morgan fingerprint density at radius 3 is 2.72 bits per heavy atom. The van der Waals surface area contributed by atoms with Gasteiger partial charge in [0.25, 0.3) is 0 Å². The molecule has 3 rings (SSSR count). The molecule has 2 amide bonds. The van der Waals surface area contributed by atoms with Crippen LogP contribution in [0.2, 0.25) is 0 Å². The molecule has 0 aliphatic carbocycles. The van der Waals surface area contributed by atoms with Crippen molar-refractivity contribution in [1.82, 2.24) is 15.5 Å². The highest BCUT2D eigenvalue weighted by Gasteiger charge is 2.26. The normalized spacial score (nSPS) is 23.5. The molecular formula is C20H29N3O2. The summed E-state index contributed by atoms with van der Waals surface area (Å²) < 4.78 is 0. The van der Waals surface area contributed by atoms with Crippen molar-refractivity contribution in [3.63, 3.8) is 0 Å². The van der Waals surface area contributed by atoms with Crippen LogP contribution in [-0.4, -0.2) is 48.9 Å². The summed E-state index contributed by atoms with van der Waals surface area (Å²) in [5, 5.41) is 6.30. The van der Waals surface area contributed by atoms with Crippen LogP contribution >= 0.6 is 0 Å². The minimum atomic E-state index is -0.0251. The molecule has 1 aromatic carbocycles. The van der Waals surface area contributed by atoms with E-state index in [0.29, 0.717) is 18.9 Å². The minimum Gasteiger partial charge on any atom is -0.354 e. The zero-order valence-corrected chi connectivity index (χ0v) is 15.1. The van der Waals surface area contributed by atoms with E-state index in [9.17, 15) is 9.59 Å². The highest BCUT2D eigenvalue weighted by atomic mass is 16.2. The quantitative estimate of drug-likeness (QED) is 0.854. The molecule has 0 aromatic heterocycles. The van der Waals surface area contributed by atoms with Crippen LogP contribution < -0.4 is 10.6 Å². The molecule has 136 valence electrons. The van der Waals surface area contributed by atoms with E-state index >= 15 is 0 Å². The van der Waals surface area contributed by atoms with Crippen LogP contribution in [0, 0.1) is 12.8 Å². The summed E-state index contributed by atoms with van der Waals surface area (Å²) >= 11 is 0. The van der Waals surface area contributed by atoms with Gasteiger partial charge < -0.3 is 15.5 Å². The fourth-order valence-electron chi connectivity index (χ4n) is 3.73. The van der Waals surface area contributed by atoms with Crippen molar-refractivity contribution in [3.8, 4) is 0 Å². The summed E-state index contributed by atoms with van der Waals surface area (Å²) in [5.41, 5.74) is 2.28. The first-order valence-corrected chi connectivity index (χ1v) is 9.46. The van der Waals surface area contributed by atoms with Gasteiger partial charge in [-0.25, -0.2) is 0 Å². The van der Waals surface area contributed by atoms with Crippen LogP contribution in [0.15, 0.2) is 24.3 Å². The number of hydrogen-bond donors (Lipinski definition) is 2. The van der Waals surface area contributed by atoms with Crippen LogP contribution in [0.25, 0.3) is 0 Å². The van der Waals surface area contributed by atoms with Crippen molar-refractivity contribution in [3.05, 3.63) is 35.4 Å². The molecule has 5 heteroatoms. The lowest BCUT2D eigenvalue weighted by Gasteiger charge is -2.33. The Kier molecular flexibility index (Phi) is 6.08. The molecule has 0 spiro atoms. The third kappa shape index (κ3) is 5.05. The molecule has 2 atom stereocenters. The molecule has 2 saturated heterocycles. The van der Waals surface area contributed by atoms with Crippen molar-refractivity contribution in [2.24, 2.45) is 5.92 Å². The van der Waals surface area contributed by atoms with Crippen molar-refractivity contribution < 1.29 is 9.59 Å². The fraction of sp³-hybridized carbons (Fsp3) is 0.600. The van der Waals surface area contributed by atoms with Gasteiger partial charge in [-0.05, 0) is 50.6 Å². The second kappa shape index (κ2) is 8.48. The number of nitrogens with zero attached hydrogens (tertiary/aromatic N) is 1. The number of carbonyl (C=O) groups is 2. The molecule has 2 fully saturated rings. The number of hydrogen-bond acceptors (Lipinski definition) is 3. The predicted octanol–water partition coefficient (Wildman–Crippen LogP) is 1.64. The summed E-state index contributed by atoms with van der Waals surface area (Å²) in [5.74, 6) is 0.666. The third-order valence-corrected chi connectivity index (χ3v) is 5.29. The van der Waals surface area contributed by atoms with E-state index in [1.165, 1.54) is 5.56 Å². The fourth-order valence-corrected chi connectivity index (χ4v) is 3.73. The number of rotatable bonds is 5. The van der Waals surface area contributed by atoms with Gasteiger partial charge in [-0.3, -0.25) is 9.59 Å². The topological polar surface area (TPSA) is 61.4 Å². The van der Waals surface area contributed by atoms with E-state index in [1.807, 2.05) is 29.2 Å². The Morgan fingerprint density at radius 2 is 2.00 bits per heavy atom. The summed E-state index contributed by atoms with van der Waals surface area (Å²) in [6.07, 6.45) is 4.56. The van der Waals surface area contributed by atoms with Crippen molar-refractivity contribution in [1.29, 1.82) is 0 Å². The Morgan fingerprint density at radius 1 is 1.20 bits per heavy atom. The summed E-state index contributed by atoms with van der Waals surface area (Å²) in [6, 6.07) is 8.14. The highest BCUT2D eigenvalue weighted by Crippen LogP contribution is 2.17. The standard InChI is InChI=1S/C20H29N3O2/c1-15-6-8-16(9-7-15)12-19(24)23-11-3-4-17(14-23)13-22-20(25)18-5-2-10-21-18/h6-9,17-18,21H,2-5,10-14H2,1H3,(H,22,25)/t17-,18-/m0/s1. The number of likely N-dealkylation sites (tertiary alicyclic amines) is 1. The molecule has 0 bridgehead atoms. The average molecular weight is 343 g/mol. The number of benzene rings is 1. The van der Waals surface area contributed by atoms with Crippen LogP contribution in [0.4, 0.5) is 0 Å². The Hall–Kier alpha value is -1.88. The van der Waals surface area contributed by atoms with E-state index in [1.54, 1.807) is 0 Å². The second-order valence-electron chi connectivity index (χ2n) is 7.40. The Labute approximate surface area is 150 Å². The molecule has 0 radical (unpaired) electrons. The van der Waals surface area contributed by atoms with Gasteiger partial charge in [-0.2, -0.15) is 0 Å². The lowest BCUT2D eigenvalue weighted by molar-refractivity contribution is -0.132. The van der Waals surface area contributed by atoms with Gasteiger partial charge >= 0.3 is 0 Å². The average Bonchev–Trinajstić information content (AvgIpc) is 3.16. The van der Waals surface area contributed by atoms with Gasteiger partial charge in [0.2, 0.25) is 11.8 Å². The van der Waals surface area contributed by atoms with Crippen LogP contribution in [0.5, 0.6) is 0 Å². The number of piperidine rings is 1. The zero-order valence-electron chi connectivity index (χ0n) is 15.1. The van der Waals surface area contributed by atoms with Gasteiger partial charge in [0, 0.05) is 19.6 Å². The lowest BCUT2D eigenvalue weighted by Crippen LogP contribution is -2.47. The molecule has 2 heterocycles. The van der Waals surface area contributed by atoms with Crippen molar-refractivity contribution >= 4 is 11.8 Å². The maximum atomic E-state index is 12.6. The number of aryl methyl sites for hydroxylation is 1. The number of carbonyl (C=O) groups excluding carboxylic acids is 2. The lowest BCUT2D eigenvalue weighted by atomic mass is 9.97. The summed E-state index contributed by atoms with van der Waals surface area (Å²) in [7, 11) is 0. The molecule has 2 N–H and O–H groups in total. The van der Waals surface area contributed by atoms with Crippen LogP contribution in [0.3, 0.4) is 0 Å². The first-order chi connectivity index (χ1) is 12.1. The SMILES string of the molecule is Cc1ccc(CC(=O)N2CCC[C@@H](CNC(=O)[C@@H]3CCCN3)C2)cc1. The molecule has 5 nitrogen and oxygen atoms in total. The molecule has 2 aliphatic rings. The van der Waals surface area contributed by atoms with Gasteiger partial charge in [-0.1, -0.05) is 29.8 Å². The molecule has 25 heavy (non-hydrogen) atoms. The van der Waals surface area contributed by atoms with Crippen LogP contribution in [-0.2, 0) is 16.0 Å². The molecule has 2 aliphatic heterocycles. The predicted molar refractivity (Wildman–Crippen MR) is 98.2 cm³/mol. The number of nitrogens with one attached hydrogen (secondary N) is 2.